The second-order valence-corrected chi connectivity index (χ2v) is 31.2. The van der Waals surface area contributed by atoms with Crippen LogP contribution in [0.25, 0.3) is 187 Å². The van der Waals surface area contributed by atoms with Crippen molar-refractivity contribution in [1.29, 1.82) is 0 Å². The Morgan fingerprint density at radius 3 is 0.957 bits per heavy atom. The van der Waals surface area contributed by atoms with Crippen LogP contribution in [0.2, 0.25) is 0 Å². The highest BCUT2D eigenvalue weighted by atomic mass is 79.9. The van der Waals surface area contributed by atoms with Gasteiger partial charge in [0, 0.05) is 88.2 Å². The number of nitrogens with zero attached hydrogens (tertiary/aromatic N) is 3. The second kappa shape index (κ2) is 28.9. The number of rotatable bonds is 7. The Bertz CT molecular complexity index is 7570. The van der Waals surface area contributed by atoms with Gasteiger partial charge in [-0.2, -0.15) is 0 Å². The van der Waals surface area contributed by atoms with Crippen LogP contribution in [-0.4, -0.2) is 9.13 Å². The average molecular weight is 1550 g/mol. The number of halogens is 1. The summed E-state index contributed by atoms with van der Waals surface area (Å²) in [5, 5.41) is 21.8. The summed E-state index contributed by atoms with van der Waals surface area (Å²) in [5.41, 5.74) is 29.9. The van der Waals surface area contributed by atoms with Crippen LogP contribution >= 0.6 is 15.9 Å². The van der Waals surface area contributed by atoms with Gasteiger partial charge in [0.05, 0.1) is 33.8 Å². The maximum atomic E-state index is 3.71. The number of anilines is 5. The summed E-state index contributed by atoms with van der Waals surface area (Å²) >= 11 is 3.52. The number of aromatic nitrogens is 2. The SMILES string of the molecule is Brc1ccc(-c2ccc3c4ccccc4c4ccccc4c3c2)cc1.c1ccc(-c2cccc3c4c(n(-c5ccccc5)c23)-c2ccccc2N(c2ccc(-c3ccc5c6ccccc6c6ccccc6c5c3)cc2)c2ccccc2-4)cc1.c1ccc(-c2cccc3c4c(n(-c5ccccc5)c23)-c2ccccc2Nc2ccccc2-4)cc1. The van der Waals surface area contributed by atoms with Gasteiger partial charge in [0.2, 0.25) is 0 Å². The maximum Gasteiger partial charge on any atom is 0.0641 e. The Morgan fingerprint density at radius 1 is 0.188 bits per heavy atom. The molecule has 24 rings (SSSR count). The van der Waals surface area contributed by atoms with E-state index in [9.17, 15) is 0 Å². The molecule has 0 spiro atoms. The lowest BCUT2D eigenvalue weighted by Gasteiger charge is -2.28. The van der Waals surface area contributed by atoms with Crippen LogP contribution in [-0.2, 0) is 0 Å². The Labute approximate surface area is 687 Å². The van der Waals surface area contributed by atoms with E-state index in [0.717, 1.165) is 44.3 Å². The molecule has 2 aromatic heterocycles. The molecule has 0 atom stereocenters. The maximum absolute atomic E-state index is 3.71. The molecular weight excluding hydrogens is 1480 g/mol. The van der Waals surface area contributed by atoms with E-state index in [1.807, 2.05) is 0 Å². The molecule has 0 unspecified atom stereocenters. The molecule has 0 saturated heterocycles. The molecule has 20 aromatic carbocycles. The van der Waals surface area contributed by atoms with E-state index < -0.39 is 0 Å². The van der Waals surface area contributed by atoms with Gasteiger partial charge in [-0.15, -0.1) is 0 Å². The van der Waals surface area contributed by atoms with Crippen molar-refractivity contribution in [1.82, 2.24) is 9.13 Å². The van der Waals surface area contributed by atoms with Crippen molar-refractivity contribution < 1.29 is 0 Å². The molecule has 117 heavy (non-hydrogen) atoms. The molecule has 4 nitrogen and oxygen atoms in total. The highest BCUT2D eigenvalue weighted by molar-refractivity contribution is 9.10. The molecule has 2 aliphatic heterocycles. The minimum absolute atomic E-state index is 1.11. The van der Waals surface area contributed by atoms with E-state index in [0.29, 0.717) is 0 Å². The van der Waals surface area contributed by atoms with Gasteiger partial charge in [0.25, 0.3) is 0 Å². The lowest BCUT2D eigenvalue weighted by molar-refractivity contribution is 1.13. The van der Waals surface area contributed by atoms with Gasteiger partial charge in [-0.3, -0.25) is 0 Å². The number of para-hydroxylation sites is 8. The summed E-state index contributed by atoms with van der Waals surface area (Å²) in [6, 6.07) is 158. The minimum atomic E-state index is 1.11. The van der Waals surface area contributed by atoms with Crippen molar-refractivity contribution in [2.75, 3.05) is 10.2 Å². The van der Waals surface area contributed by atoms with E-state index in [2.05, 4.69) is 472 Å². The van der Waals surface area contributed by atoms with Gasteiger partial charge in [-0.25, -0.2) is 0 Å². The smallest absolute Gasteiger partial charge is 0.0641 e. The zero-order valence-electron chi connectivity index (χ0n) is 63.8. The van der Waals surface area contributed by atoms with Gasteiger partial charge < -0.3 is 19.4 Å². The first-order valence-electron chi connectivity index (χ1n) is 40.1. The van der Waals surface area contributed by atoms with Gasteiger partial charge in [0.15, 0.2) is 0 Å². The summed E-state index contributed by atoms with van der Waals surface area (Å²) in [5.74, 6) is 0. The van der Waals surface area contributed by atoms with Crippen molar-refractivity contribution in [3.63, 3.8) is 0 Å². The topological polar surface area (TPSA) is 25.1 Å². The van der Waals surface area contributed by atoms with Crippen LogP contribution < -0.4 is 10.2 Å². The highest BCUT2D eigenvalue weighted by Crippen LogP contribution is 2.57. The fraction of sp³-hybridized carbons (Fsp3) is 0. The summed E-state index contributed by atoms with van der Waals surface area (Å²) in [4.78, 5) is 2.46. The molecule has 0 aliphatic carbocycles. The van der Waals surface area contributed by atoms with Crippen molar-refractivity contribution in [2.24, 2.45) is 0 Å². The average Bonchev–Trinajstić information content (AvgIpc) is 1.58. The standard InChI is InChI=1S/C56H36N2.C32H22N2.C24H15Br/c1-3-16-38(17-4-1)42-26-15-27-50-54-48-24-11-13-28-52(48)57(53-29-14-12-25-49(53)56(54)58(55(42)50)40-18-5-2-6-19-40)41-33-30-37(31-34-41)39-32-35-47-45-22-8-7-20-43(45)44-21-9-10-23-46(44)51(47)36-39;1-3-12-22(13-4-1)24-18-11-19-27-30-25-16-7-9-20-28(25)33-29-21-10-8-17-26(29)32(30)34(31(24)27)23-14-5-2-6-15-23;25-18-12-9-16(10-13-18)17-11-14-23-21-7-2-1-5-19(21)20-6-3-4-8-22(20)24(23)15-17/h1-36H;1-21,33H;1-15H. The van der Waals surface area contributed by atoms with Gasteiger partial charge in [-0.1, -0.05) is 368 Å². The molecule has 0 amide bonds. The summed E-state index contributed by atoms with van der Waals surface area (Å²) < 4.78 is 6.06. The molecule has 548 valence electrons. The van der Waals surface area contributed by atoms with E-state index in [1.165, 1.54) is 176 Å². The zero-order chi connectivity index (χ0) is 77.4. The van der Waals surface area contributed by atoms with Crippen molar-refractivity contribution in [3.05, 3.63) is 441 Å². The van der Waals surface area contributed by atoms with E-state index in [1.54, 1.807) is 0 Å². The first-order valence-corrected chi connectivity index (χ1v) is 40.9. The molecular formula is C112H73BrN4. The summed E-state index contributed by atoms with van der Waals surface area (Å²) in [7, 11) is 0. The van der Waals surface area contributed by atoms with Crippen molar-refractivity contribution in [2.45, 2.75) is 0 Å². The molecule has 4 heterocycles. The fourth-order valence-electron chi connectivity index (χ4n) is 18.6. The quantitative estimate of drug-likeness (QED) is 0.161. The normalized spacial score (nSPS) is 11.9. The number of benzene rings is 20. The molecule has 1 N–H and O–H groups in total. The number of hydrogen-bond acceptors (Lipinski definition) is 2. The Kier molecular flexibility index (Phi) is 17.0. The molecule has 22 aromatic rings. The second-order valence-electron chi connectivity index (χ2n) is 30.3. The van der Waals surface area contributed by atoms with Gasteiger partial charge in [-0.05, 0) is 183 Å². The largest absolute Gasteiger partial charge is 0.354 e. The Balaban J connectivity index is 0.000000118. The Hall–Kier alpha value is -14.9. The van der Waals surface area contributed by atoms with Crippen molar-refractivity contribution >= 4 is 131 Å². The molecule has 0 fully saturated rings. The minimum Gasteiger partial charge on any atom is -0.354 e. The van der Waals surface area contributed by atoms with Crippen LogP contribution in [0.5, 0.6) is 0 Å². The lowest BCUT2D eigenvalue weighted by atomic mass is 9.92. The fourth-order valence-corrected chi connectivity index (χ4v) is 18.9. The van der Waals surface area contributed by atoms with E-state index in [4.69, 9.17) is 0 Å². The van der Waals surface area contributed by atoms with Crippen LogP contribution in [0, 0.1) is 0 Å². The van der Waals surface area contributed by atoms with Crippen LogP contribution in [0.4, 0.5) is 28.4 Å². The predicted octanol–water partition coefficient (Wildman–Crippen LogP) is 31.8. The first kappa shape index (κ1) is 68.9. The molecule has 0 bridgehead atoms. The number of fused-ring (bicyclic) bond motifs is 26. The lowest BCUT2D eigenvalue weighted by Crippen LogP contribution is -2.11. The van der Waals surface area contributed by atoms with Crippen LogP contribution in [0.3, 0.4) is 0 Å². The first-order chi connectivity index (χ1) is 58.0. The number of hydrogen-bond donors (Lipinski definition) is 1. The molecule has 0 radical (unpaired) electrons. The highest BCUT2D eigenvalue weighted by Gasteiger charge is 2.34. The summed E-state index contributed by atoms with van der Waals surface area (Å²) in [6.45, 7) is 0. The van der Waals surface area contributed by atoms with E-state index >= 15 is 0 Å². The van der Waals surface area contributed by atoms with E-state index in [-0.39, 0.29) is 0 Å². The zero-order valence-corrected chi connectivity index (χ0v) is 65.4. The van der Waals surface area contributed by atoms with Crippen LogP contribution in [0.1, 0.15) is 0 Å². The predicted molar refractivity (Wildman–Crippen MR) is 501 cm³/mol. The molecule has 5 heteroatoms. The molecule has 2 aliphatic rings. The van der Waals surface area contributed by atoms with Gasteiger partial charge in [0.1, 0.15) is 0 Å². The third kappa shape index (κ3) is 11.7. The Morgan fingerprint density at radius 2 is 0.496 bits per heavy atom. The van der Waals surface area contributed by atoms with Crippen molar-refractivity contribution in [3.8, 4) is 101 Å². The van der Waals surface area contributed by atoms with Crippen LogP contribution in [0.15, 0.2) is 441 Å². The third-order valence-electron chi connectivity index (χ3n) is 23.8. The molecule has 0 saturated carbocycles. The third-order valence-corrected chi connectivity index (χ3v) is 24.3. The number of nitrogens with one attached hydrogen (secondary N) is 1. The monoisotopic (exact) mass is 1550 g/mol. The summed E-state index contributed by atoms with van der Waals surface area (Å²) in [6.07, 6.45) is 0. The van der Waals surface area contributed by atoms with Gasteiger partial charge >= 0.3 is 0 Å².